The van der Waals surface area contributed by atoms with Gasteiger partial charge in [-0.15, -0.1) is 0 Å². The second-order valence-electron chi connectivity index (χ2n) is 7.58. The number of benzene rings is 2. The van der Waals surface area contributed by atoms with Crippen LogP contribution >= 0.6 is 0 Å². The molecule has 0 aliphatic carbocycles. The van der Waals surface area contributed by atoms with Crippen LogP contribution in [0, 0.1) is 0 Å². The number of aryl methyl sites for hydroxylation is 1. The average Bonchev–Trinajstić information content (AvgIpc) is 3.36. The van der Waals surface area contributed by atoms with E-state index in [9.17, 15) is 13.2 Å². The van der Waals surface area contributed by atoms with Gasteiger partial charge in [0.1, 0.15) is 5.69 Å². The van der Waals surface area contributed by atoms with Crippen molar-refractivity contribution in [3.05, 3.63) is 66.6 Å². The van der Waals surface area contributed by atoms with E-state index in [1.165, 1.54) is 0 Å². The van der Waals surface area contributed by atoms with Gasteiger partial charge in [-0.2, -0.15) is 0 Å². The third-order valence-corrected chi connectivity index (χ3v) is 7.21. The highest BCUT2D eigenvalue weighted by Gasteiger charge is 2.32. The summed E-state index contributed by atoms with van der Waals surface area (Å²) in [6, 6.07) is 19.3. The Morgan fingerprint density at radius 2 is 1.70 bits per heavy atom. The van der Waals surface area contributed by atoms with Crippen molar-refractivity contribution in [2.45, 2.75) is 25.3 Å². The first-order valence-corrected chi connectivity index (χ1v) is 11.8. The van der Waals surface area contributed by atoms with Crippen LogP contribution in [-0.4, -0.2) is 48.8 Å². The highest BCUT2D eigenvalue weighted by molar-refractivity contribution is 7.91. The van der Waals surface area contributed by atoms with E-state index in [4.69, 9.17) is 4.42 Å². The summed E-state index contributed by atoms with van der Waals surface area (Å²) in [6.07, 6.45) is 1.07. The highest BCUT2D eigenvalue weighted by Crippen LogP contribution is 2.33. The molecular formula is C23H24N2O4S. The lowest BCUT2D eigenvalue weighted by atomic mass is 10.1. The van der Waals surface area contributed by atoms with Gasteiger partial charge in [-0.05, 0) is 6.42 Å². The van der Waals surface area contributed by atoms with E-state index in [0.717, 1.165) is 16.8 Å². The third-order valence-electron chi connectivity index (χ3n) is 5.46. The monoisotopic (exact) mass is 424 g/mol. The Hall–Kier alpha value is -2.93. The smallest absolute Gasteiger partial charge is 0.223 e. The number of nitrogens with zero attached hydrogens (tertiary/aromatic N) is 2. The molecule has 1 amide bonds. The van der Waals surface area contributed by atoms with Crippen molar-refractivity contribution in [2.75, 3.05) is 18.6 Å². The van der Waals surface area contributed by atoms with Crippen LogP contribution in [0.25, 0.3) is 22.6 Å². The van der Waals surface area contributed by atoms with Gasteiger partial charge in [0.2, 0.25) is 5.91 Å². The van der Waals surface area contributed by atoms with Gasteiger partial charge in [0, 0.05) is 37.1 Å². The molecule has 3 aromatic rings. The van der Waals surface area contributed by atoms with Crippen molar-refractivity contribution < 1.29 is 17.6 Å². The molecule has 0 N–H and O–H groups in total. The van der Waals surface area contributed by atoms with Gasteiger partial charge < -0.3 is 9.32 Å². The summed E-state index contributed by atoms with van der Waals surface area (Å²) in [7, 11) is -1.35. The van der Waals surface area contributed by atoms with E-state index < -0.39 is 9.84 Å². The molecule has 0 bridgehead atoms. The second-order valence-corrected chi connectivity index (χ2v) is 9.81. The van der Waals surface area contributed by atoms with Crippen LogP contribution in [0.15, 0.2) is 65.1 Å². The zero-order chi connectivity index (χ0) is 21.1. The molecule has 0 spiro atoms. The summed E-state index contributed by atoms with van der Waals surface area (Å²) >= 11 is 0. The maximum atomic E-state index is 12.6. The number of hydrogen-bond acceptors (Lipinski definition) is 5. The van der Waals surface area contributed by atoms with Gasteiger partial charge in [0.25, 0.3) is 0 Å². The molecule has 7 heteroatoms. The van der Waals surface area contributed by atoms with Gasteiger partial charge in [-0.25, -0.2) is 13.4 Å². The van der Waals surface area contributed by atoms with Crippen LogP contribution < -0.4 is 0 Å². The number of sulfone groups is 1. The number of rotatable bonds is 6. The van der Waals surface area contributed by atoms with E-state index in [1.54, 1.807) is 11.9 Å². The van der Waals surface area contributed by atoms with E-state index in [0.29, 0.717) is 24.5 Å². The van der Waals surface area contributed by atoms with E-state index in [1.807, 2.05) is 60.7 Å². The minimum absolute atomic E-state index is 0.0462. The molecule has 156 valence electrons. The van der Waals surface area contributed by atoms with Crippen LogP contribution in [0.1, 0.15) is 18.7 Å². The number of carbonyl (C=O) groups excluding carboxylic acids is 1. The molecular weight excluding hydrogens is 400 g/mol. The fraction of sp³-hybridized carbons (Fsp3) is 0.304. The number of amides is 1. The molecule has 1 atom stereocenters. The van der Waals surface area contributed by atoms with E-state index >= 15 is 0 Å². The van der Waals surface area contributed by atoms with Gasteiger partial charge in [0.15, 0.2) is 21.5 Å². The Morgan fingerprint density at radius 3 is 2.30 bits per heavy atom. The summed E-state index contributed by atoms with van der Waals surface area (Å²) in [5.74, 6) is 1.27. The molecule has 0 saturated carbocycles. The molecule has 2 aromatic carbocycles. The molecule has 4 rings (SSSR count). The van der Waals surface area contributed by atoms with E-state index in [2.05, 4.69) is 4.98 Å². The molecule has 1 saturated heterocycles. The molecule has 1 aliphatic heterocycles. The summed E-state index contributed by atoms with van der Waals surface area (Å²) < 4.78 is 29.5. The Bertz CT molecular complexity index is 1070. The van der Waals surface area contributed by atoms with Crippen molar-refractivity contribution in [1.29, 1.82) is 0 Å². The maximum absolute atomic E-state index is 12.6. The quantitative estimate of drug-likeness (QED) is 0.604. The first kappa shape index (κ1) is 20.3. The summed E-state index contributed by atoms with van der Waals surface area (Å²) in [5.41, 5.74) is 2.63. The topological polar surface area (TPSA) is 80.5 Å². The van der Waals surface area contributed by atoms with Crippen molar-refractivity contribution in [3.63, 3.8) is 0 Å². The van der Waals surface area contributed by atoms with Gasteiger partial charge in [-0.1, -0.05) is 60.7 Å². The second kappa shape index (κ2) is 8.44. The largest absolute Gasteiger partial charge is 0.440 e. The first-order valence-electron chi connectivity index (χ1n) is 9.99. The number of oxazole rings is 1. The predicted octanol–water partition coefficient (Wildman–Crippen LogP) is 3.59. The van der Waals surface area contributed by atoms with Gasteiger partial charge >= 0.3 is 0 Å². The van der Waals surface area contributed by atoms with Crippen LogP contribution in [0.3, 0.4) is 0 Å². The standard InChI is InChI=1S/C23H24N2O4S/c1-25(19-14-15-30(27,28)16-19)21(26)13-12-20-24-22(17-8-4-2-5-9-17)23(29-20)18-10-6-3-7-11-18/h2-11,19H,12-16H2,1H3/t19-/m1/s1. The zero-order valence-electron chi connectivity index (χ0n) is 16.8. The molecule has 6 nitrogen and oxygen atoms in total. The van der Waals surface area contributed by atoms with Crippen molar-refractivity contribution in [3.8, 4) is 22.6 Å². The minimum atomic E-state index is -3.03. The Morgan fingerprint density at radius 1 is 1.07 bits per heavy atom. The molecule has 30 heavy (non-hydrogen) atoms. The normalized spacial score (nSPS) is 17.7. The predicted molar refractivity (Wildman–Crippen MR) is 116 cm³/mol. The summed E-state index contributed by atoms with van der Waals surface area (Å²) in [5, 5.41) is 0. The number of hydrogen-bond donors (Lipinski definition) is 0. The van der Waals surface area contributed by atoms with Crippen LogP contribution in [0.2, 0.25) is 0 Å². The van der Waals surface area contributed by atoms with Crippen LogP contribution in [0.4, 0.5) is 0 Å². The molecule has 0 unspecified atom stereocenters. The maximum Gasteiger partial charge on any atom is 0.223 e. The zero-order valence-corrected chi connectivity index (χ0v) is 17.6. The van der Waals surface area contributed by atoms with Gasteiger partial charge in [0.05, 0.1) is 11.5 Å². The molecule has 2 heterocycles. The number of carbonyl (C=O) groups is 1. The Kier molecular flexibility index (Phi) is 5.72. The fourth-order valence-corrected chi connectivity index (χ4v) is 5.50. The summed E-state index contributed by atoms with van der Waals surface area (Å²) in [6.45, 7) is 0. The Balaban J connectivity index is 1.52. The fourth-order valence-electron chi connectivity index (χ4n) is 3.72. The summed E-state index contributed by atoms with van der Waals surface area (Å²) in [4.78, 5) is 18.8. The molecule has 1 aliphatic rings. The van der Waals surface area contributed by atoms with Crippen LogP contribution in [0.5, 0.6) is 0 Å². The lowest BCUT2D eigenvalue weighted by molar-refractivity contribution is -0.131. The highest BCUT2D eigenvalue weighted by atomic mass is 32.2. The number of aromatic nitrogens is 1. The third kappa shape index (κ3) is 4.46. The molecule has 1 fully saturated rings. The lowest BCUT2D eigenvalue weighted by Gasteiger charge is -2.23. The molecule has 0 radical (unpaired) electrons. The minimum Gasteiger partial charge on any atom is -0.440 e. The average molecular weight is 425 g/mol. The SMILES string of the molecule is CN(C(=O)CCc1nc(-c2ccccc2)c(-c2ccccc2)o1)[C@@H]1CCS(=O)(=O)C1. The van der Waals surface area contributed by atoms with Crippen molar-refractivity contribution in [1.82, 2.24) is 9.88 Å². The van der Waals surface area contributed by atoms with Gasteiger partial charge in [-0.3, -0.25) is 4.79 Å². The van der Waals surface area contributed by atoms with E-state index in [-0.39, 0.29) is 29.9 Å². The lowest BCUT2D eigenvalue weighted by Crippen LogP contribution is -2.37. The Labute approximate surface area is 176 Å². The van der Waals surface area contributed by atoms with Crippen molar-refractivity contribution >= 4 is 15.7 Å². The first-order chi connectivity index (χ1) is 14.4. The molecule has 1 aromatic heterocycles. The van der Waals surface area contributed by atoms with Crippen molar-refractivity contribution in [2.24, 2.45) is 0 Å². The van der Waals surface area contributed by atoms with Crippen LogP contribution in [-0.2, 0) is 21.1 Å².